The van der Waals surface area contributed by atoms with Gasteiger partial charge in [0.15, 0.2) is 20.7 Å². The van der Waals surface area contributed by atoms with Crippen molar-refractivity contribution in [1.82, 2.24) is 5.16 Å². The molecule has 0 spiro atoms. The molecule has 1 atom stereocenters. The average Bonchev–Trinajstić information content (AvgIpc) is 2.98. The van der Waals surface area contributed by atoms with E-state index in [9.17, 15) is 17.6 Å². The van der Waals surface area contributed by atoms with E-state index in [4.69, 9.17) is 9.63 Å². The van der Waals surface area contributed by atoms with E-state index in [2.05, 4.69) is 5.16 Å². The molecule has 2 aromatic carbocycles. The van der Waals surface area contributed by atoms with Crippen molar-refractivity contribution < 1.29 is 27.2 Å². The minimum Gasteiger partial charge on any atom is -0.480 e. The standard InChI is InChI=1S/C17H14FNO5S/c1-2-15(17(20)21)25(22,23)10-7-8-12-14(9-10)24-19-16(12)11-5-3-4-6-13(11)18/h3-9,15H,2H2,1H3,(H,20,21). The average molecular weight is 363 g/mol. The van der Waals surface area contributed by atoms with Gasteiger partial charge in [-0.25, -0.2) is 12.8 Å². The maximum Gasteiger partial charge on any atom is 0.322 e. The molecule has 0 saturated carbocycles. The summed E-state index contributed by atoms with van der Waals surface area (Å²) in [6.07, 6.45) is -0.0629. The predicted molar refractivity (Wildman–Crippen MR) is 88.3 cm³/mol. The van der Waals surface area contributed by atoms with Gasteiger partial charge in [-0.1, -0.05) is 24.2 Å². The monoisotopic (exact) mass is 363 g/mol. The number of carbonyl (C=O) groups is 1. The first-order valence-electron chi connectivity index (χ1n) is 7.47. The zero-order valence-electron chi connectivity index (χ0n) is 13.1. The van der Waals surface area contributed by atoms with Gasteiger partial charge in [0.25, 0.3) is 0 Å². The zero-order chi connectivity index (χ0) is 18.2. The van der Waals surface area contributed by atoms with E-state index >= 15 is 0 Å². The number of aliphatic carboxylic acids is 1. The fourth-order valence-corrected chi connectivity index (χ4v) is 4.20. The number of hydrogen-bond acceptors (Lipinski definition) is 5. The second-order valence-corrected chi connectivity index (χ2v) is 7.58. The fraction of sp³-hybridized carbons (Fsp3) is 0.176. The van der Waals surface area contributed by atoms with Crippen molar-refractivity contribution in [3.8, 4) is 11.3 Å². The van der Waals surface area contributed by atoms with Gasteiger partial charge in [-0.15, -0.1) is 0 Å². The Labute approximate surface area is 142 Å². The smallest absolute Gasteiger partial charge is 0.322 e. The summed E-state index contributed by atoms with van der Waals surface area (Å²) in [6, 6.07) is 9.95. The van der Waals surface area contributed by atoms with E-state index in [1.807, 2.05) is 0 Å². The summed E-state index contributed by atoms with van der Waals surface area (Å²) in [6.45, 7) is 1.49. The Morgan fingerprint density at radius 1 is 1.28 bits per heavy atom. The number of nitrogens with zero attached hydrogens (tertiary/aromatic N) is 1. The Kier molecular flexibility index (Phi) is 4.30. The number of carboxylic acid groups (broad SMARTS) is 1. The van der Waals surface area contributed by atoms with E-state index in [1.54, 1.807) is 12.1 Å². The lowest BCUT2D eigenvalue weighted by Gasteiger charge is -2.11. The number of fused-ring (bicyclic) bond motifs is 1. The molecule has 0 aliphatic carbocycles. The molecule has 0 radical (unpaired) electrons. The largest absolute Gasteiger partial charge is 0.480 e. The highest BCUT2D eigenvalue weighted by Crippen LogP contribution is 2.32. The van der Waals surface area contributed by atoms with E-state index in [0.717, 1.165) is 0 Å². The molecule has 0 bridgehead atoms. The van der Waals surface area contributed by atoms with Crippen molar-refractivity contribution in [3.05, 3.63) is 48.3 Å². The topological polar surface area (TPSA) is 97.5 Å². The van der Waals surface area contributed by atoms with Gasteiger partial charge in [-0.3, -0.25) is 4.79 Å². The van der Waals surface area contributed by atoms with Crippen molar-refractivity contribution >= 4 is 26.8 Å². The van der Waals surface area contributed by atoms with Crippen molar-refractivity contribution in [2.24, 2.45) is 0 Å². The molecule has 0 aliphatic rings. The van der Waals surface area contributed by atoms with Crippen LogP contribution in [0.15, 0.2) is 51.9 Å². The van der Waals surface area contributed by atoms with Crippen molar-refractivity contribution in [3.63, 3.8) is 0 Å². The van der Waals surface area contributed by atoms with Crippen LogP contribution < -0.4 is 0 Å². The van der Waals surface area contributed by atoms with Crippen LogP contribution in [0.5, 0.6) is 0 Å². The molecule has 0 saturated heterocycles. The summed E-state index contributed by atoms with van der Waals surface area (Å²) in [5.41, 5.74) is 0.621. The Balaban J connectivity index is 2.12. The molecule has 0 aliphatic heterocycles. The molecular formula is C17H14FNO5S. The molecule has 0 amide bonds. The van der Waals surface area contributed by atoms with Crippen LogP contribution in [0.3, 0.4) is 0 Å². The first kappa shape index (κ1) is 17.1. The van der Waals surface area contributed by atoms with Crippen LogP contribution in [0.2, 0.25) is 0 Å². The quantitative estimate of drug-likeness (QED) is 0.747. The lowest BCUT2D eigenvalue weighted by Crippen LogP contribution is -2.29. The van der Waals surface area contributed by atoms with Gasteiger partial charge in [0.05, 0.1) is 4.90 Å². The Bertz CT molecular complexity index is 1060. The van der Waals surface area contributed by atoms with Crippen molar-refractivity contribution in [2.45, 2.75) is 23.5 Å². The van der Waals surface area contributed by atoms with E-state index in [0.29, 0.717) is 5.39 Å². The van der Waals surface area contributed by atoms with Gasteiger partial charge in [0.1, 0.15) is 11.5 Å². The predicted octanol–water partition coefficient (Wildman–Crippen LogP) is 3.27. The lowest BCUT2D eigenvalue weighted by atomic mass is 10.1. The molecule has 1 heterocycles. The summed E-state index contributed by atoms with van der Waals surface area (Å²) in [4.78, 5) is 11.0. The van der Waals surface area contributed by atoms with Crippen LogP contribution in [-0.2, 0) is 14.6 Å². The van der Waals surface area contributed by atoms with E-state index in [-0.39, 0.29) is 28.2 Å². The molecule has 1 N–H and O–H groups in total. The van der Waals surface area contributed by atoms with Crippen LogP contribution in [0.25, 0.3) is 22.2 Å². The minimum absolute atomic E-state index is 0.0629. The molecule has 3 rings (SSSR count). The molecule has 6 nitrogen and oxygen atoms in total. The lowest BCUT2D eigenvalue weighted by molar-refractivity contribution is -0.136. The summed E-state index contributed by atoms with van der Waals surface area (Å²) < 4.78 is 44.0. The van der Waals surface area contributed by atoms with Crippen molar-refractivity contribution in [1.29, 1.82) is 0 Å². The molecule has 8 heteroatoms. The Hall–Kier alpha value is -2.74. The highest BCUT2D eigenvalue weighted by Gasteiger charge is 2.33. The summed E-state index contributed by atoms with van der Waals surface area (Å²) >= 11 is 0. The Morgan fingerprint density at radius 2 is 2.00 bits per heavy atom. The first-order chi connectivity index (χ1) is 11.9. The number of sulfone groups is 1. The van der Waals surface area contributed by atoms with Gasteiger partial charge in [-0.05, 0) is 30.7 Å². The number of halogens is 1. The highest BCUT2D eigenvalue weighted by molar-refractivity contribution is 7.92. The van der Waals surface area contributed by atoms with Gasteiger partial charge in [0.2, 0.25) is 0 Å². The van der Waals surface area contributed by atoms with Gasteiger partial charge < -0.3 is 9.63 Å². The first-order valence-corrected chi connectivity index (χ1v) is 9.02. The van der Waals surface area contributed by atoms with Crippen LogP contribution in [0.4, 0.5) is 4.39 Å². The maximum absolute atomic E-state index is 13.9. The van der Waals surface area contributed by atoms with E-state index < -0.39 is 26.9 Å². The summed E-state index contributed by atoms with van der Waals surface area (Å²) in [5.74, 6) is -1.89. The number of rotatable bonds is 5. The fourth-order valence-electron chi connectivity index (χ4n) is 2.63. The third kappa shape index (κ3) is 2.89. The molecule has 3 aromatic rings. The summed E-state index contributed by atoms with van der Waals surface area (Å²) in [5, 5.41) is 11.8. The highest BCUT2D eigenvalue weighted by atomic mass is 32.2. The molecule has 0 fully saturated rings. The SMILES string of the molecule is CCC(C(=O)O)S(=O)(=O)c1ccc2c(-c3ccccc3F)noc2c1. The molecular weight excluding hydrogens is 349 g/mol. The normalized spacial score (nSPS) is 13.0. The van der Waals surface area contributed by atoms with Crippen LogP contribution in [-0.4, -0.2) is 29.9 Å². The minimum atomic E-state index is -4.07. The third-order valence-corrected chi connectivity index (χ3v) is 6.12. The molecule has 1 aromatic heterocycles. The molecule has 25 heavy (non-hydrogen) atoms. The van der Waals surface area contributed by atoms with Crippen LogP contribution in [0.1, 0.15) is 13.3 Å². The number of carboxylic acids is 1. The number of aromatic nitrogens is 1. The van der Waals surface area contributed by atoms with Gasteiger partial charge in [-0.2, -0.15) is 0 Å². The molecule has 1 unspecified atom stereocenters. The van der Waals surface area contributed by atoms with Crippen LogP contribution >= 0.6 is 0 Å². The second kappa shape index (κ2) is 6.29. The van der Waals surface area contributed by atoms with Gasteiger partial charge in [0, 0.05) is 17.0 Å². The maximum atomic E-state index is 13.9. The number of hydrogen-bond donors (Lipinski definition) is 1. The second-order valence-electron chi connectivity index (χ2n) is 5.45. The summed E-state index contributed by atoms with van der Waals surface area (Å²) in [7, 11) is -4.07. The third-order valence-electron chi connectivity index (χ3n) is 3.92. The Morgan fingerprint density at radius 3 is 2.64 bits per heavy atom. The molecule has 130 valence electrons. The number of benzene rings is 2. The van der Waals surface area contributed by atoms with Crippen LogP contribution in [0, 0.1) is 5.82 Å². The van der Waals surface area contributed by atoms with E-state index in [1.165, 1.54) is 37.3 Å². The van der Waals surface area contributed by atoms with Crippen molar-refractivity contribution in [2.75, 3.05) is 0 Å². The van der Waals surface area contributed by atoms with Gasteiger partial charge >= 0.3 is 5.97 Å². The zero-order valence-corrected chi connectivity index (χ0v) is 14.0.